The molecule has 0 saturated carbocycles. The quantitative estimate of drug-likeness (QED) is 0.738. The van der Waals surface area contributed by atoms with Gasteiger partial charge in [-0.2, -0.15) is 5.10 Å². The van der Waals surface area contributed by atoms with Crippen molar-refractivity contribution in [2.24, 2.45) is 0 Å². The van der Waals surface area contributed by atoms with Crippen LogP contribution in [-0.4, -0.2) is 40.7 Å². The second-order valence-electron chi connectivity index (χ2n) is 6.96. The topological polar surface area (TPSA) is 63.3 Å². The van der Waals surface area contributed by atoms with Gasteiger partial charge in [-0.1, -0.05) is 18.2 Å². The Balaban J connectivity index is 0.00000210. The molecule has 0 aliphatic carbocycles. The maximum absolute atomic E-state index is 12.9. The molecular formula is C20H25ClN4O2. The zero-order chi connectivity index (χ0) is 18.1. The van der Waals surface area contributed by atoms with E-state index >= 15 is 0 Å². The normalized spacial score (nSPS) is 18.1. The highest BCUT2D eigenvalue weighted by Crippen LogP contribution is 2.27. The first-order valence-electron chi connectivity index (χ1n) is 9.15. The monoisotopic (exact) mass is 388 g/mol. The maximum atomic E-state index is 12.9. The smallest absolute Gasteiger partial charge is 0.274 e. The summed E-state index contributed by atoms with van der Waals surface area (Å²) in [5, 5.41) is 8.95. The van der Waals surface area contributed by atoms with Gasteiger partial charge in [-0.3, -0.25) is 9.48 Å². The third-order valence-electron chi connectivity index (χ3n) is 5.23. The molecule has 1 aliphatic heterocycles. The number of halogens is 1. The van der Waals surface area contributed by atoms with Crippen LogP contribution < -0.4 is 5.32 Å². The predicted molar refractivity (Wildman–Crippen MR) is 107 cm³/mol. The van der Waals surface area contributed by atoms with Crippen molar-refractivity contribution < 1.29 is 9.21 Å². The number of amides is 1. The minimum Gasteiger partial charge on any atom is -0.459 e. The highest BCUT2D eigenvalue weighted by molar-refractivity contribution is 5.92. The van der Waals surface area contributed by atoms with Crippen LogP contribution >= 0.6 is 12.4 Å². The highest BCUT2D eigenvalue weighted by atomic mass is 35.5. The number of aromatic nitrogens is 2. The number of para-hydroxylation sites is 1. The Hall–Kier alpha value is -2.31. The summed E-state index contributed by atoms with van der Waals surface area (Å²) in [4.78, 5) is 14.5. The van der Waals surface area contributed by atoms with Gasteiger partial charge in [-0.25, -0.2) is 0 Å². The van der Waals surface area contributed by atoms with Gasteiger partial charge in [0.25, 0.3) is 5.91 Å². The molecule has 0 bridgehead atoms. The molecule has 27 heavy (non-hydrogen) atoms. The number of furan rings is 1. The van der Waals surface area contributed by atoms with Crippen LogP contribution in [0.5, 0.6) is 0 Å². The number of nitrogens with zero attached hydrogens (tertiary/aromatic N) is 3. The number of fused-ring (bicyclic) bond motifs is 1. The lowest BCUT2D eigenvalue weighted by molar-refractivity contribution is 0.0720. The SMILES string of the molecule is CC(c1cc2ccccc2o1)N(C)C(=O)c1ccn(C2CCCNC2)n1.Cl. The van der Waals surface area contributed by atoms with Crippen LogP contribution in [0.1, 0.15) is 48.1 Å². The fraction of sp³-hybridized carbons (Fsp3) is 0.400. The van der Waals surface area contributed by atoms with Gasteiger partial charge in [-0.15, -0.1) is 12.4 Å². The molecule has 1 amide bonds. The Morgan fingerprint density at radius 3 is 2.93 bits per heavy atom. The van der Waals surface area contributed by atoms with Gasteiger partial charge in [0.2, 0.25) is 0 Å². The Kier molecular flexibility index (Phi) is 5.87. The number of hydrogen-bond donors (Lipinski definition) is 1. The fourth-order valence-electron chi connectivity index (χ4n) is 3.47. The summed E-state index contributed by atoms with van der Waals surface area (Å²) in [6.45, 7) is 3.93. The standard InChI is InChI=1S/C20H24N4O2.ClH/c1-14(19-12-15-6-3-4-8-18(15)26-19)23(2)20(25)17-9-11-24(22-17)16-7-5-10-21-13-16;/h3-4,6,8-9,11-12,14,16,21H,5,7,10,13H2,1-2H3;1H. The molecule has 6 nitrogen and oxygen atoms in total. The van der Waals surface area contributed by atoms with Crippen molar-refractivity contribution >= 4 is 29.3 Å². The van der Waals surface area contributed by atoms with E-state index in [9.17, 15) is 4.79 Å². The molecule has 144 valence electrons. The molecule has 0 radical (unpaired) electrons. The van der Waals surface area contributed by atoms with E-state index in [1.165, 1.54) is 0 Å². The van der Waals surface area contributed by atoms with E-state index in [2.05, 4.69) is 10.4 Å². The number of carbonyl (C=O) groups is 1. The van der Waals surface area contributed by atoms with E-state index in [1.54, 1.807) is 18.0 Å². The number of piperidine rings is 1. The molecule has 1 aromatic carbocycles. The summed E-state index contributed by atoms with van der Waals surface area (Å²) in [5.74, 6) is 0.679. The molecule has 3 aromatic rings. The molecule has 1 saturated heterocycles. The molecule has 1 fully saturated rings. The summed E-state index contributed by atoms with van der Waals surface area (Å²) < 4.78 is 7.83. The van der Waals surface area contributed by atoms with Gasteiger partial charge in [-0.05, 0) is 44.5 Å². The second-order valence-corrected chi connectivity index (χ2v) is 6.96. The summed E-state index contributed by atoms with van der Waals surface area (Å²) in [7, 11) is 1.79. The molecule has 3 heterocycles. The number of hydrogen-bond acceptors (Lipinski definition) is 4. The number of benzene rings is 1. The van der Waals surface area contributed by atoms with Crippen LogP contribution in [0.2, 0.25) is 0 Å². The fourth-order valence-corrected chi connectivity index (χ4v) is 3.47. The first-order valence-corrected chi connectivity index (χ1v) is 9.15. The third-order valence-corrected chi connectivity index (χ3v) is 5.23. The van der Waals surface area contributed by atoms with Crippen LogP contribution in [0, 0.1) is 0 Å². The van der Waals surface area contributed by atoms with E-state index in [-0.39, 0.29) is 24.4 Å². The average molecular weight is 389 g/mol. The molecule has 2 aromatic heterocycles. The molecule has 7 heteroatoms. The Bertz CT molecular complexity index is 880. The van der Waals surface area contributed by atoms with Crippen LogP contribution in [0.15, 0.2) is 47.0 Å². The minimum atomic E-state index is -0.170. The summed E-state index contributed by atoms with van der Waals surface area (Å²) in [5.41, 5.74) is 1.31. The molecular weight excluding hydrogens is 364 g/mol. The number of carbonyl (C=O) groups excluding carboxylic acids is 1. The van der Waals surface area contributed by atoms with Crippen molar-refractivity contribution in [1.82, 2.24) is 20.0 Å². The van der Waals surface area contributed by atoms with Gasteiger partial charge in [0.1, 0.15) is 17.0 Å². The first-order chi connectivity index (χ1) is 12.6. The lowest BCUT2D eigenvalue weighted by Gasteiger charge is -2.24. The lowest BCUT2D eigenvalue weighted by Crippen LogP contribution is -2.32. The molecule has 2 unspecified atom stereocenters. The van der Waals surface area contributed by atoms with Crippen LogP contribution in [0.4, 0.5) is 0 Å². The van der Waals surface area contributed by atoms with Crippen molar-refractivity contribution in [2.45, 2.75) is 31.8 Å². The Morgan fingerprint density at radius 1 is 1.37 bits per heavy atom. The lowest BCUT2D eigenvalue weighted by atomic mass is 10.1. The maximum Gasteiger partial charge on any atom is 0.274 e. The number of rotatable bonds is 4. The Morgan fingerprint density at radius 2 is 2.19 bits per heavy atom. The molecule has 1 N–H and O–H groups in total. The molecule has 1 aliphatic rings. The van der Waals surface area contributed by atoms with Crippen LogP contribution in [0.3, 0.4) is 0 Å². The van der Waals surface area contributed by atoms with E-state index in [0.29, 0.717) is 11.7 Å². The second kappa shape index (κ2) is 8.15. The van der Waals surface area contributed by atoms with Gasteiger partial charge in [0, 0.05) is 25.2 Å². The van der Waals surface area contributed by atoms with E-state index < -0.39 is 0 Å². The van der Waals surface area contributed by atoms with E-state index in [4.69, 9.17) is 4.42 Å². The third kappa shape index (κ3) is 3.87. The predicted octanol–water partition coefficient (Wildman–Crippen LogP) is 3.81. The Labute approximate surface area is 164 Å². The van der Waals surface area contributed by atoms with E-state index in [1.807, 2.05) is 48.1 Å². The zero-order valence-corrected chi connectivity index (χ0v) is 16.4. The van der Waals surface area contributed by atoms with Crippen molar-refractivity contribution in [3.05, 3.63) is 54.0 Å². The van der Waals surface area contributed by atoms with Crippen molar-refractivity contribution in [3.8, 4) is 0 Å². The average Bonchev–Trinajstić information content (AvgIpc) is 3.34. The van der Waals surface area contributed by atoms with Gasteiger partial charge in [0.15, 0.2) is 0 Å². The van der Waals surface area contributed by atoms with Crippen molar-refractivity contribution in [3.63, 3.8) is 0 Å². The minimum absolute atomic E-state index is 0. The molecule has 2 atom stereocenters. The summed E-state index contributed by atoms with van der Waals surface area (Å²) in [6.07, 6.45) is 4.13. The van der Waals surface area contributed by atoms with E-state index in [0.717, 1.165) is 42.7 Å². The van der Waals surface area contributed by atoms with Crippen molar-refractivity contribution in [2.75, 3.05) is 20.1 Å². The van der Waals surface area contributed by atoms with Gasteiger partial charge in [0.05, 0.1) is 12.1 Å². The summed E-state index contributed by atoms with van der Waals surface area (Å²) >= 11 is 0. The molecule has 0 spiro atoms. The van der Waals surface area contributed by atoms with Crippen LogP contribution in [-0.2, 0) is 0 Å². The largest absolute Gasteiger partial charge is 0.459 e. The summed E-state index contributed by atoms with van der Waals surface area (Å²) in [6, 6.07) is 11.8. The number of nitrogens with one attached hydrogen (secondary N) is 1. The molecule has 4 rings (SSSR count). The first kappa shape index (κ1) is 19.5. The van der Waals surface area contributed by atoms with Gasteiger partial charge >= 0.3 is 0 Å². The zero-order valence-electron chi connectivity index (χ0n) is 15.6. The van der Waals surface area contributed by atoms with Crippen LogP contribution in [0.25, 0.3) is 11.0 Å². The van der Waals surface area contributed by atoms with Crippen molar-refractivity contribution in [1.29, 1.82) is 0 Å². The van der Waals surface area contributed by atoms with Gasteiger partial charge < -0.3 is 14.6 Å². The highest BCUT2D eigenvalue weighted by Gasteiger charge is 2.24.